The minimum atomic E-state index is -0.541. The van der Waals surface area contributed by atoms with Gasteiger partial charge in [-0.2, -0.15) is 0 Å². The quantitative estimate of drug-likeness (QED) is 0.160. The van der Waals surface area contributed by atoms with Gasteiger partial charge in [0.25, 0.3) is 0 Å². The molecule has 65 heavy (non-hydrogen) atoms. The maximum atomic E-state index is 2.57. The van der Waals surface area contributed by atoms with Crippen LogP contribution in [0.2, 0.25) is 0 Å². The summed E-state index contributed by atoms with van der Waals surface area (Å²) >= 11 is 0. The van der Waals surface area contributed by atoms with E-state index in [1.165, 1.54) is 110 Å². The number of hydrogen-bond acceptors (Lipinski definition) is 1. The molecule has 0 fully saturated rings. The lowest BCUT2D eigenvalue weighted by atomic mass is 9.70. The number of rotatable bonds is 4. The topological polar surface area (TPSA) is 3.24 Å². The lowest BCUT2D eigenvalue weighted by Crippen LogP contribution is -2.26. The van der Waals surface area contributed by atoms with E-state index in [1.54, 1.807) is 0 Å². The monoisotopic (exact) mass is 825 g/mol. The Balaban J connectivity index is 1.07. The zero-order valence-corrected chi connectivity index (χ0v) is 36.3. The Kier molecular flexibility index (Phi) is 7.45. The van der Waals surface area contributed by atoms with E-state index in [1.807, 2.05) is 0 Å². The van der Waals surface area contributed by atoms with Gasteiger partial charge in [-0.05, 0) is 147 Å². The standard InChI is InChI=1S/C64H43N/c1-63(2)56-28-14-10-25-48(56)51-34-32-41(36-59(51)63)65(62-31-17-13-20-43(62)40-18-4-3-5-19-40)42-33-35-52-49-26-11-15-29-57(49)64(60(52)37-42)58-30-16-12-27-50(58)55-38-53-46-23-8-6-21-44(46)45-22-7-9-24-47(45)54(53)39-61(55)64/h3-39H,1-2H3. The maximum Gasteiger partial charge on any atom is 0.0726 e. The Morgan fingerprint density at radius 2 is 0.692 bits per heavy atom. The van der Waals surface area contributed by atoms with Crippen molar-refractivity contribution in [3.63, 3.8) is 0 Å². The van der Waals surface area contributed by atoms with Gasteiger partial charge in [-0.25, -0.2) is 0 Å². The highest BCUT2D eigenvalue weighted by atomic mass is 15.1. The summed E-state index contributed by atoms with van der Waals surface area (Å²) in [7, 11) is 0. The third-order valence-electron chi connectivity index (χ3n) is 15.2. The fourth-order valence-corrected chi connectivity index (χ4v) is 12.5. The number of fused-ring (bicyclic) bond motifs is 19. The first-order chi connectivity index (χ1) is 32.0. The minimum absolute atomic E-state index is 0.147. The zero-order valence-electron chi connectivity index (χ0n) is 36.3. The summed E-state index contributed by atoms with van der Waals surface area (Å²) < 4.78 is 0. The Morgan fingerprint density at radius 3 is 1.32 bits per heavy atom. The van der Waals surface area contributed by atoms with Gasteiger partial charge < -0.3 is 4.90 Å². The van der Waals surface area contributed by atoms with Crippen molar-refractivity contribution in [2.24, 2.45) is 0 Å². The molecular weight excluding hydrogens is 783 g/mol. The van der Waals surface area contributed by atoms with Gasteiger partial charge in [0.15, 0.2) is 0 Å². The van der Waals surface area contributed by atoms with E-state index in [-0.39, 0.29) is 5.41 Å². The van der Waals surface area contributed by atoms with Crippen molar-refractivity contribution < 1.29 is 0 Å². The second-order valence-electron chi connectivity index (χ2n) is 18.7. The lowest BCUT2D eigenvalue weighted by Gasteiger charge is -2.33. The van der Waals surface area contributed by atoms with E-state index in [4.69, 9.17) is 0 Å². The second-order valence-corrected chi connectivity index (χ2v) is 18.7. The number of nitrogens with zero attached hydrogens (tertiary/aromatic N) is 1. The molecule has 14 rings (SSSR count). The predicted octanol–water partition coefficient (Wildman–Crippen LogP) is 16.9. The fourth-order valence-electron chi connectivity index (χ4n) is 12.5. The lowest BCUT2D eigenvalue weighted by molar-refractivity contribution is 0.660. The molecule has 0 aliphatic heterocycles. The highest BCUT2D eigenvalue weighted by Crippen LogP contribution is 2.64. The van der Waals surface area contributed by atoms with Crippen LogP contribution >= 0.6 is 0 Å². The third-order valence-corrected chi connectivity index (χ3v) is 15.2. The smallest absolute Gasteiger partial charge is 0.0726 e. The van der Waals surface area contributed by atoms with Crippen LogP contribution in [0.15, 0.2) is 224 Å². The summed E-state index contributed by atoms with van der Waals surface area (Å²) in [5.41, 5.74) is 21.1. The first-order valence-corrected chi connectivity index (χ1v) is 22.9. The van der Waals surface area contributed by atoms with E-state index in [0.29, 0.717) is 0 Å². The summed E-state index contributed by atoms with van der Waals surface area (Å²) in [4.78, 5) is 2.53. The molecule has 1 heteroatoms. The molecule has 0 bridgehead atoms. The van der Waals surface area contributed by atoms with Crippen LogP contribution in [0.3, 0.4) is 0 Å². The molecule has 0 N–H and O–H groups in total. The van der Waals surface area contributed by atoms with Crippen molar-refractivity contribution in [2.45, 2.75) is 24.7 Å². The van der Waals surface area contributed by atoms with Gasteiger partial charge in [-0.1, -0.05) is 196 Å². The number of para-hydroxylation sites is 1. The first-order valence-electron chi connectivity index (χ1n) is 22.9. The van der Waals surface area contributed by atoms with Crippen LogP contribution in [-0.4, -0.2) is 0 Å². The Labute approximate surface area is 379 Å². The van der Waals surface area contributed by atoms with E-state index >= 15 is 0 Å². The Morgan fingerprint density at radius 1 is 0.277 bits per heavy atom. The Hall–Kier alpha value is -8.00. The molecule has 1 atom stereocenters. The highest BCUT2D eigenvalue weighted by Gasteiger charge is 2.52. The molecule has 1 unspecified atom stereocenters. The van der Waals surface area contributed by atoms with Gasteiger partial charge >= 0.3 is 0 Å². The molecular formula is C64H43N. The number of anilines is 3. The van der Waals surface area contributed by atoms with Crippen molar-refractivity contribution in [1.82, 2.24) is 0 Å². The van der Waals surface area contributed by atoms with E-state index in [0.717, 1.165) is 17.1 Å². The molecule has 11 aromatic rings. The summed E-state index contributed by atoms with van der Waals surface area (Å²) in [6, 6.07) is 84.7. The summed E-state index contributed by atoms with van der Waals surface area (Å²) in [5.74, 6) is 0. The highest BCUT2D eigenvalue weighted by molar-refractivity contribution is 6.26. The van der Waals surface area contributed by atoms with E-state index in [2.05, 4.69) is 243 Å². The van der Waals surface area contributed by atoms with Gasteiger partial charge in [0, 0.05) is 22.4 Å². The van der Waals surface area contributed by atoms with E-state index in [9.17, 15) is 0 Å². The summed E-state index contributed by atoms with van der Waals surface area (Å²) in [5, 5.41) is 7.78. The SMILES string of the molecule is CC1(C)c2ccccc2-c2ccc(N(c3ccc4c(c3)C3(c5ccccc5-4)c4ccccc4-c4cc5c6ccccc6c6ccccc6c5cc43)c3ccccc3-c3ccccc3)cc21. The Bertz CT molecular complexity index is 3820. The summed E-state index contributed by atoms with van der Waals surface area (Å²) in [6.07, 6.45) is 0. The van der Waals surface area contributed by atoms with Crippen molar-refractivity contribution in [3.8, 4) is 44.5 Å². The van der Waals surface area contributed by atoms with Crippen LogP contribution in [-0.2, 0) is 10.8 Å². The second kappa shape index (κ2) is 13.3. The molecule has 0 aromatic heterocycles. The average molecular weight is 826 g/mol. The van der Waals surface area contributed by atoms with Gasteiger partial charge in [0.05, 0.1) is 11.1 Å². The molecule has 1 nitrogen and oxygen atoms in total. The average Bonchev–Trinajstić information content (AvgIpc) is 3.91. The van der Waals surface area contributed by atoms with Crippen LogP contribution in [0.25, 0.3) is 76.8 Å². The normalized spacial score (nSPS) is 15.7. The van der Waals surface area contributed by atoms with Gasteiger partial charge in [-0.3, -0.25) is 0 Å². The van der Waals surface area contributed by atoms with Crippen molar-refractivity contribution in [3.05, 3.63) is 258 Å². The predicted molar refractivity (Wildman–Crippen MR) is 273 cm³/mol. The van der Waals surface area contributed by atoms with Gasteiger partial charge in [0.1, 0.15) is 0 Å². The maximum absolute atomic E-state index is 2.57. The minimum Gasteiger partial charge on any atom is -0.310 e. The van der Waals surface area contributed by atoms with Crippen LogP contribution in [0.5, 0.6) is 0 Å². The third kappa shape index (κ3) is 4.82. The molecule has 0 amide bonds. The summed E-state index contributed by atoms with van der Waals surface area (Å²) in [6.45, 7) is 4.76. The van der Waals surface area contributed by atoms with E-state index < -0.39 is 5.41 Å². The van der Waals surface area contributed by atoms with Crippen LogP contribution in [0.1, 0.15) is 47.2 Å². The molecule has 3 aliphatic carbocycles. The van der Waals surface area contributed by atoms with Gasteiger partial charge in [-0.15, -0.1) is 0 Å². The van der Waals surface area contributed by atoms with Crippen LogP contribution in [0.4, 0.5) is 17.1 Å². The molecule has 1 spiro atoms. The van der Waals surface area contributed by atoms with Crippen molar-refractivity contribution in [1.29, 1.82) is 0 Å². The number of hydrogen-bond donors (Lipinski definition) is 0. The molecule has 11 aromatic carbocycles. The first kappa shape index (κ1) is 36.5. The fraction of sp³-hybridized carbons (Fsp3) is 0.0625. The largest absolute Gasteiger partial charge is 0.310 e. The molecule has 0 radical (unpaired) electrons. The molecule has 0 saturated carbocycles. The van der Waals surface area contributed by atoms with Crippen molar-refractivity contribution >= 4 is 49.4 Å². The van der Waals surface area contributed by atoms with Crippen LogP contribution in [0, 0.1) is 0 Å². The zero-order chi connectivity index (χ0) is 43.0. The van der Waals surface area contributed by atoms with Crippen molar-refractivity contribution in [2.75, 3.05) is 4.90 Å². The number of benzene rings is 11. The van der Waals surface area contributed by atoms with Gasteiger partial charge in [0.2, 0.25) is 0 Å². The molecule has 304 valence electrons. The van der Waals surface area contributed by atoms with Crippen LogP contribution < -0.4 is 4.90 Å². The molecule has 0 saturated heterocycles. The molecule has 0 heterocycles. The molecule has 3 aliphatic rings.